The third-order valence-corrected chi connectivity index (χ3v) is 2.35. The summed E-state index contributed by atoms with van der Waals surface area (Å²) in [7, 11) is 0. The third kappa shape index (κ3) is 1.49. The summed E-state index contributed by atoms with van der Waals surface area (Å²) >= 11 is 5.61. The first-order chi connectivity index (χ1) is 7.13. The number of benzene rings is 1. The highest BCUT2D eigenvalue weighted by Crippen LogP contribution is 2.24. The van der Waals surface area contributed by atoms with Crippen molar-refractivity contribution in [2.75, 3.05) is 0 Å². The minimum atomic E-state index is -0.795. The largest absolute Gasteiger partial charge is 0.508 e. The van der Waals surface area contributed by atoms with Crippen LogP contribution in [0.25, 0.3) is 11.0 Å². The van der Waals surface area contributed by atoms with E-state index in [0.29, 0.717) is 11.7 Å². The van der Waals surface area contributed by atoms with Gasteiger partial charge in [-0.05, 0) is 12.1 Å². The number of aromatic hydroxyl groups is 1. The van der Waals surface area contributed by atoms with Crippen LogP contribution in [0.5, 0.6) is 5.75 Å². The highest BCUT2D eigenvalue weighted by atomic mass is 35.5. The molecule has 5 heteroatoms. The van der Waals surface area contributed by atoms with Crippen molar-refractivity contribution in [2.45, 2.75) is 0 Å². The van der Waals surface area contributed by atoms with E-state index in [2.05, 4.69) is 0 Å². The van der Waals surface area contributed by atoms with Gasteiger partial charge in [0.05, 0.1) is 5.56 Å². The number of hydrogen-bond donors (Lipinski definition) is 1. The molecule has 0 unspecified atom stereocenters. The number of hydrogen-bond acceptors (Lipinski definition) is 4. The summed E-state index contributed by atoms with van der Waals surface area (Å²) in [5.41, 5.74) is -0.591. The topological polar surface area (TPSA) is 67.5 Å². The number of aldehydes is 1. The van der Waals surface area contributed by atoms with Gasteiger partial charge in [0.1, 0.15) is 16.4 Å². The SMILES string of the molecule is O=Cc1c(Cl)c(=O)oc2cc(O)ccc12. The third-order valence-electron chi connectivity index (χ3n) is 1.99. The molecular formula is C10H5ClO4. The van der Waals surface area contributed by atoms with E-state index in [-0.39, 0.29) is 21.9 Å². The van der Waals surface area contributed by atoms with Gasteiger partial charge in [-0.25, -0.2) is 4.79 Å². The average molecular weight is 225 g/mol. The van der Waals surface area contributed by atoms with Crippen molar-refractivity contribution >= 4 is 28.9 Å². The van der Waals surface area contributed by atoms with Crippen molar-refractivity contribution < 1.29 is 14.3 Å². The molecule has 0 fully saturated rings. The summed E-state index contributed by atoms with van der Waals surface area (Å²) in [6.07, 6.45) is 0.485. The molecule has 1 heterocycles. The van der Waals surface area contributed by atoms with Gasteiger partial charge >= 0.3 is 5.63 Å². The van der Waals surface area contributed by atoms with Crippen LogP contribution in [-0.2, 0) is 0 Å². The van der Waals surface area contributed by atoms with Crippen LogP contribution in [0.1, 0.15) is 10.4 Å². The fourth-order valence-electron chi connectivity index (χ4n) is 1.31. The van der Waals surface area contributed by atoms with Gasteiger partial charge < -0.3 is 9.52 Å². The molecule has 0 saturated carbocycles. The van der Waals surface area contributed by atoms with Gasteiger partial charge in [-0.1, -0.05) is 11.6 Å². The molecule has 0 amide bonds. The Hall–Kier alpha value is -1.81. The second kappa shape index (κ2) is 3.40. The summed E-state index contributed by atoms with van der Waals surface area (Å²) in [6.45, 7) is 0. The van der Waals surface area contributed by atoms with Gasteiger partial charge in [-0.15, -0.1) is 0 Å². The van der Waals surface area contributed by atoms with Gasteiger partial charge in [-0.2, -0.15) is 0 Å². The van der Waals surface area contributed by atoms with Crippen LogP contribution >= 0.6 is 11.6 Å². The van der Waals surface area contributed by atoms with Crippen LogP contribution in [0, 0.1) is 0 Å². The fraction of sp³-hybridized carbons (Fsp3) is 0. The monoisotopic (exact) mass is 224 g/mol. The molecule has 15 heavy (non-hydrogen) atoms. The molecule has 4 nitrogen and oxygen atoms in total. The van der Waals surface area contributed by atoms with Gasteiger partial charge in [0.15, 0.2) is 6.29 Å². The number of halogens is 1. The lowest BCUT2D eigenvalue weighted by Gasteiger charge is -2.01. The quantitative estimate of drug-likeness (QED) is 0.594. The number of rotatable bonds is 1. The molecule has 2 rings (SSSR count). The van der Waals surface area contributed by atoms with Gasteiger partial charge in [0.2, 0.25) is 0 Å². The Morgan fingerprint density at radius 2 is 2.13 bits per heavy atom. The summed E-state index contributed by atoms with van der Waals surface area (Å²) in [6, 6.07) is 4.09. The second-order valence-corrected chi connectivity index (χ2v) is 3.29. The molecule has 0 radical (unpaired) electrons. The Bertz CT molecular complexity index is 600. The normalized spacial score (nSPS) is 10.5. The predicted octanol–water partition coefficient (Wildman–Crippen LogP) is 1.96. The van der Waals surface area contributed by atoms with Crippen LogP contribution in [0.3, 0.4) is 0 Å². The number of fused-ring (bicyclic) bond motifs is 1. The van der Waals surface area contributed by atoms with Crippen molar-refractivity contribution in [1.29, 1.82) is 0 Å². The molecule has 1 aromatic heterocycles. The first-order valence-electron chi connectivity index (χ1n) is 4.04. The lowest BCUT2D eigenvalue weighted by atomic mass is 10.1. The maximum atomic E-state index is 11.2. The number of phenols is 1. The van der Waals surface area contributed by atoms with E-state index in [9.17, 15) is 14.7 Å². The minimum Gasteiger partial charge on any atom is -0.508 e. The summed E-state index contributed by atoms with van der Waals surface area (Å²) in [5.74, 6) is -0.0511. The van der Waals surface area contributed by atoms with E-state index in [1.165, 1.54) is 18.2 Å². The Morgan fingerprint density at radius 1 is 1.40 bits per heavy atom. The molecule has 0 atom stereocenters. The van der Waals surface area contributed by atoms with E-state index in [4.69, 9.17) is 16.0 Å². The molecule has 0 aliphatic rings. The Balaban J connectivity index is 3.00. The zero-order chi connectivity index (χ0) is 11.0. The molecule has 2 aromatic rings. The summed E-state index contributed by atoms with van der Waals surface area (Å²) < 4.78 is 4.81. The predicted molar refractivity (Wildman–Crippen MR) is 54.5 cm³/mol. The van der Waals surface area contributed by atoms with Crippen molar-refractivity contribution in [3.63, 3.8) is 0 Å². The van der Waals surface area contributed by atoms with Crippen molar-refractivity contribution in [1.82, 2.24) is 0 Å². The maximum Gasteiger partial charge on any atom is 0.355 e. The average Bonchev–Trinajstić information content (AvgIpc) is 2.20. The van der Waals surface area contributed by atoms with Crippen LogP contribution in [0.2, 0.25) is 5.02 Å². The Labute approximate surface area is 88.7 Å². The van der Waals surface area contributed by atoms with Crippen molar-refractivity contribution in [3.05, 3.63) is 39.2 Å². The first-order valence-corrected chi connectivity index (χ1v) is 4.42. The van der Waals surface area contributed by atoms with Crippen LogP contribution in [0.4, 0.5) is 0 Å². The molecule has 1 N–H and O–H groups in total. The molecule has 0 spiro atoms. The molecule has 0 aliphatic heterocycles. The van der Waals surface area contributed by atoms with Crippen LogP contribution < -0.4 is 5.63 Å². The minimum absolute atomic E-state index is 0.0511. The van der Waals surface area contributed by atoms with E-state index >= 15 is 0 Å². The van der Waals surface area contributed by atoms with Gasteiger partial charge in [-0.3, -0.25) is 4.79 Å². The standard InChI is InChI=1S/C10H5ClO4/c11-9-7(4-12)6-2-1-5(13)3-8(6)15-10(9)14/h1-4,13H. The lowest BCUT2D eigenvalue weighted by Crippen LogP contribution is -2.03. The summed E-state index contributed by atoms with van der Waals surface area (Å²) in [4.78, 5) is 21.9. The van der Waals surface area contributed by atoms with E-state index in [1.807, 2.05) is 0 Å². The van der Waals surface area contributed by atoms with Crippen LogP contribution in [0.15, 0.2) is 27.4 Å². The second-order valence-electron chi connectivity index (χ2n) is 2.92. The van der Waals surface area contributed by atoms with Gasteiger partial charge in [0, 0.05) is 11.5 Å². The molecule has 0 saturated heterocycles. The molecular weight excluding hydrogens is 220 g/mol. The first kappa shape index (κ1) is 9.73. The molecule has 1 aromatic carbocycles. The number of carbonyl (C=O) groups is 1. The molecule has 0 bridgehead atoms. The molecule has 76 valence electrons. The van der Waals surface area contributed by atoms with E-state index in [0.717, 1.165) is 0 Å². The number of carbonyl (C=O) groups excluding carboxylic acids is 1. The summed E-state index contributed by atoms with van der Waals surface area (Å²) in [5, 5.41) is 9.32. The Kier molecular flexibility index (Phi) is 2.21. The maximum absolute atomic E-state index is 11.2. The lowest BCUT2D eigenvalue weighted by molar-refractivity contribution is 0.112. The zero-order valence-electron chi connectivity index (χ0n) is 7.36. The van der Waals surface area contributed by atoms with Crippen molar-refractivity contribution in [2.24, 2.45) is 0 Å². The highest BCUT2D eigenvalue weighted by molar-refractivity contribution is 6.34. The Morgan fingerprint density at radius 3 is 2.80 bits per heavy atom. The highest BCUT2D eigenvalue weighted by Gasteiger charge is 2.12. The fourth-order valence-corrected chi connectivity index (χ4v) is 1.49. The van der Waals surface area contributed by atoms with E-state index in [1.54, 1.807) is 0 Å². The zero-order valence-corrected chi connectivity index (χ0v) is 8.12. The van der Waals surface area contributed by atoms with Gasteiger partial charge in [0.25, 0.3) is 0 Å². The number of phenolic OH excluding ortho intramolecular Hbond substituents is 1. The van der Waals surface area contributed by atoms with Crippen molar-refractivity contribution in [3.8, 4) is 5.75 Å². The smallest absolute Gasteiger partial charge is 0.355 e. The van der Waals surface area contributed by atoms with Crippen LogP contribution in [-0.4, -0.2) is 11.4 Å². The molecule has 0 aliphatic carbocycles. The van der Waals surface area contributed by atoms with E-state index < -0.39 is 5.63 Å².